The van der Waals surface area contributed by atoms with E-state index in [0.29, 0.717) is 29.8 Å². The van der Waals surface area contributed by atoms with Crippen molar-refractivity contribution in [2.24, 2.45) is 5.14 Å². The first-order valence-corrected chi connectivity index (χ1v) is 9.61. The SMILES string of the molecule is CN1CCN(C(=O)c2ccc(-c3ccccc3S(N)(=O)=O)cc2)CC1. The molecule has 6 nitrogen and oxygen atoms in total. The molecule has 1 fully saturated rings. The van der Waals surface area contributed by atoms with Gasteiger partial charge in [0.15, 0.2) is 0 Å². The van der Waals surface area contributed by atoms with Gasteiger partial charge in [-0.3, -0.25) is 4.79 Å². The van der Waals surface area contributed by atoms with Crippen molar-refractivity contribution in [1.29, 1.82) is 0 Å². The Hall–Kier alpha value is -2.22. The van der Waals surface area contributed by atoms with Crippen molar-refractivity contribution in [3.63, 3.8) is 0 Å². The minimum Gasteiger partial charge on any atom is -0.336 e. The summed E-state index contributed by atoms with van der Waals surface area (Å²) in [5.41, 5.74) is 1.84. The zero-order valence-corrected chi connectivity index (χ0v) is 14.9. The summed E-state index contributed by atoms with van der Waals surface area (Å²) in [5.74, 6) is -0.000573. The van der Waals surface area contributed by atoms with E-state index in [0.717, 1.165) is 13.1 Å². The van der Waals surface area contributed by atoms with Crippen LogP contribution in [0.1, 0.15) is 10.4 Å². The van der Waals surface area contributed by atoms with Crippen LogP contribution in [0.15, 0.2) is 53.4 Å². The Bertz CT molecular complexity index is 871. The quantitative estimate of drug-likeness (QED) is 0.898. The summed E-state index contributed by atoms with van der Waals surface area (Å²) in [7, 11) is -1.77. The number of carbonyl (C=O) groups is 1. The van der Waals surface area contributed by atoms with Crippen LogP contribution in [0.3, 0.4) is 0 Å². The Kier molecular flexibility index (Phi) is 4.89. The Labute approximate surface area is 147 Å². The lowest BCUT2D eigenvalue weighted by atomic mass is 10.0. The van der Waals surface area contributed by atoms with E-state index in [1.165, 1.54) is 6.07 Å². The zero-order valence-electron chi connectivity index (χ0n) is 14.1. The third-order valence-corrected chi connectivity index (χ3v) is 5.40. The van der Waals surface area contributed by atoms with Crippen LogP contribution in [0, 0.1) is 0 Å². The molecule has 0 aliphatic carbocycles. The first-order valence-electron chi connectivity index (χ1n) is 8.06. The molecule has 0 aromatic heterocycles. The largest absolute Gasteiger partial charge is 0.336 e. The van der Waals surface area contributed by atoms with Crippen LogP contribution in [0.4, 0.5) is 0 Å². The smallest absolute Gasteiger partial charge is 0.253 e. The maximum Gasteiger partial charge on any atom is 0.253 e. The number of sulfonamides is 1. The number of carbonyl (C=O) groups excluding carboxylic acids is 1. The summed E-state index contributed by atoms with van der Waals surface area (Å²) < 4.78 is 23.5. The van der Waals surface area contributed by atoms with Gasteiger partial charge in [-0.1, -0.05) is 30.3 Å². The molecular formula is C18H21N3O3S. The minimum absolute atomic E-state index is 0.000573. The average Bonchev–Trinajstić information content (AvgIpc) is 2.61. The van der Waals surface area contributed by atoms with Crippen LogP contribution >= 0.6 is 0 Å². The standard InChI is InChI=1S/C18H21N3O3S/c1-20-10-12-21(13-11-20)18(22)15-8-6-14(7-9-15)16-4-2-3-5-17(16)25(19,23)24/h2-9H,10-13H2,1H3,(H2,19,23,24). The summed E-state index contributed by atoms with van der Waals surface area (Å²) in [6.07, 6.45) is 0. The van der Waals surface area contributed by atoms with Crippen LogP contribution in [0.5, 0.6) is 0 Å². The number of likely N-dealkylation sites (N-methyl/N-ethyl adjacent to an activating group) is 1. The van der Waals surface area contributed by atoms with E-state index in [4.69, 9.17) is 5.14 Å². The van der Waals surface area contributed by atoms with Crippen molar-refractivity contribution in [1.82, 2.24) is 9.80 Å². The molecule has 0 saturated carbocycles. The number of rotatable bonds is 3. The van der Waals surface area contributed by atoms with Crippen molar-refractivity contribution in [3.05, 3.63) is 54.1 Å². The number of primary sulfonamides is 1. The lowest BCUT2D eigenvalue weighted by molar-refractivity contribution is 0.0664. The summed E-state index contributed by atoms with van der Waals surface area (Å²) in [4.78, 5) is 16.7. The molecule has 7 heteroatoms. The molecule has 2 aromatic rings. The monoisotopic (exact) mass is 359 g/mol. The second-order valence-corrected chi connectivity index (χ2v) is 7.74. The van der Waals surface area contributed by atoms with Crippen LogP contribution in [-0.4, -0.2) is 57.4 Å². The molecule has 1 aliphatic heterocycles. The van der Waals surface area contributed by atoms with Gasteiger partial charge in [0.1, 0.15) is 0 Å². The lowest BCUT2D eigenvalue weighted by Gasteiger charge is -2.32. The molecule has 0 atom stereocenters. The molecule has 0 spiro atoms. The number of hydrogen-bond acceptors (Lipinski definition) is 4. The Balaban J connectivity index is 1.85. The maximum atomic E-state index is 12.6. The van der Waals surface area contributed by atoms with Gasteiger partial charge < -0.3 is 9.80 Å². The van der Waals surface area contributed by atoms with E-state index in [1.54, 1.807) is 42.5 Å². The van der Waals surface area contributed by atoms with Gasteiger partial charge in [-0.25, -0.2) is 13.6 Å². The zero-order chi connectivity index (χ0) is 18.0. The summed E-state index contributed by atoms with van der Waals surface area (Å²) >= 11 is 0. The summed E-state index contributed by atoms with van der Waals surface area (Å²) in [6.45, 7) is 3.16. The molecule has 132 valence electrons. The molecule has 0 unspecified atom stereocenters. The number of amides is 1. The fraction of sp³-hybridized carbons (Fsp3) is 0.278. The van der Waals surface area contributed by atoms with Crippen LogP contribution in [0.25, 0.3) is 11.1 Å². The molecule has 1 amide bonds. The van der Waals surface area contributed by atoms with Crippen LogP contribution < -0.4 is 5.14 Å². The molecule has 1 saturated heterocycles. The highest BCUT2D eigenvalue weighted by molar-refractivity contribution is 7.89. The highest BCUT2D eigenvalue weighted by Gasteiger charge is 2.20. The van der Waals surface area contributed by atoms with Crippen LogP contribution in [0.2, 0.25) is 0 Å². The molecule has 1 aliphatic rings. The van der Waals surface area contributed by atoms with Gasteiger partial charge in [-0.05, 0) is 30.8 Å². The molecule has 0 radical (unpaired) electrons. The normalized spacial score (nSPS) is 16.0. The fourth-order valence-electron chi connectivity index (χ4n) is 2.94. The molecule has 25 heavy (non-hydrogen) atoms. The van der Waals surface area contributed by atoms with Gasteiger partial charge in [0.05, 0.1) is 4.90 Å². The van der Waals surface area contributed by atoms with E-state index in [1.807, 2.05) is 11.9 Å². The Morgan fingerprint density at radius 1 is 0.960 bits per heavy atom. The van der Waals surface area contributed by atoms with Crippen molar-refractivity contribution >= 4 is 15.9 Å². The van der Waals surface area contributed by atoms with E-state index in [-0.39, 0.29) is 10.8 Å². The molecule has 0 bridgehead atoms. The number of nitrogens with two attached hydrogens (primary N) is 1. The van der Waals surface area contributed by atoms with Gasteiger partial charge in [0.25, 0.3) is 5.91 Å². The van der Waals surface area contributed by atoms with E-state index in [9.17, 15) is 13.2 Å². The minimum atomic E-state index is -3.81. The number of benzene rings is 2. The molecule has 3 rings (SSSR count). The summed E-state index contributed by atoms with van der Waals surface area (Å²) in [5, 5.41) is 5.29. The molecular weight excluding hydrogens is 338 g/mol. The van der Waals surface area contributed by atoms with E-state index < -0.39 is 10.0 Å². The van der Waals surface area contributed by atoms with Gasteiger partial charge in [0.2, 0.25) is 10.0 Å². The third kappa shape index (κ3) is 3.89. The number of piperazine rings is 1. The van der Waals surface area contributed by atoms with Crippen molar-refractivity contribution < 1.29 is 13.2 Å². The van der Waals surface area contributed by atoms with Crippen LogP contribution in [-0.2, 0) is 10.0 Å². The molecule has 1 heterocycles. The van der Waals surface area contributed by atoms with Gasteiger partial charge >= 0.3 is 0 Å². The van der Waals surface area contributed by atoms with Crippen molar-refractivity contribution in [2.45, 2.75) is 4.90 Å². The highest BCUT2D eigenvalue weighted by Crippen LogP contribution is 2.27. The molecule has 2 N–H and O–H groups in total. The third-order valence-electron chi connectivity index (χ3n) is 4.43. The first kappa shape index (κ1) is 17.6. The fourth-order valence-corrected chi connectivity index (χ4v) is 3.70. The van der Waals surface area contributed by atoms with Crippen molar-refractivity contribution in [3.8, 4) is 11.1 Å². The number of nitrogens with zero attached hydrogens (tertiary/aromatic N) is 2. The Morgan fingerprint density at radius 3 is 2.16 bits per heavy atom. The molecule has 2 aromatic carbocycles. The second kappa shape index (κ2) is 6.95. The number of hydrogen-bond donors (Lipinski definition) is 1. The topological polar surface area (TPSA) is 83.7 Å². The van der Waals surface area contributed by atoms with Gasteiger partial charge in [-0.15, -0.1) is 0 Å². The van der Waals surface area contributed by atoms with Gasteiger partial charge in [0, 0.05) is 37.3 Å². The lowest BCUT2D eigenvalue weighted by Crippen LogP contribution is -2.47. The highest BCUT2D eigenvalue weighted by atomic mass is 32.2. The van der Waals surface area contributed by atoms with E-state index in [2.05, 4.69) is 4.90 Å². The Morgan fingerprint density at radius 2 is 1.56 bits per heavy atom. The second-order valence-electron chi connectivity index (χ2n) is 6.21. The predicted octanol–water partition coefficient (Wildman–Crippen LogP) is 1.39. The maximum absolute atomic E-state index is 12.6. The van der Waals surface area contributed by atoms with Gasteiger partial charge in [-0.2, -0.15) is 0 Å². The van der Waals surface area contributed by atoms with E-state index >= 15 is 0 Å². The first-order chi connectivity index (χ1) is 11.9. The predicted molar refractivity (Wildman–Crippen MR) is 96.7 cm³/mol. The average molecular weight is 359 g/mol. The summed E-state index contributed by atoms with van der Waals surface area (Å²) in [6, 6.07) is 13.6. The van der Waals surface area contributed by atoms with Crippen molar-refractivity contribution in [2.75, 3.05) is 33.2 Å².